The summed E-state index contributed by atoms with van der Waals surface area (Å²) in [5.74, 6) is -5.13. The predicted octanol–water partition coefficient (Wildman–Crippen LogP) is 2.15. The van der Waals surface area contributed by atoms with Crippen LogP contribution in [0.25, 0.3) is 0 Å². The molecule has 1 aromatic heterocycles. The van der Waals surface area contributed by atoms with E-state index in [0.29, 0.717) is 18.7 Å². The van der Waals surface area contributed by atoms with E-state index in [1.54, 1.807) is 6.92 Å². The maximum atomic E-state index is 13.0. The molecular weight excluding hydrogens is 273 g/mol. The highest BCUT2D eigenvalue weighted by Crippen LogP contribution is 2.19. The van der Waals surface area contributed by atoms with E-state index in [9.17, 15) is 18.0 Å². The lowest BCUT2D eigenvalue weighted by atomic mass is 10.2. The second-order valence-electron chi connectivity index (χ2n) is 4.00. The van der Waals surface area contributed by atoms with E-state index in [1.165, 1.54) is 10.9 Å². The van der Waals surface area contributed by atoms with Crippen molar-refractivity contribution in [3.63, 3.8) is 0 Å². The number of aromatic nitrogens is 2. The lowest BCUT2D eigenvalue weighted by Gasteiger charge is -2.05. The zero-order valence-electron chi connectivity index (χ0n) is 10.5. The number of benzene rings is 1. The smallest absolute Gasteiger partial charge is 0.278 e. The summed E-state index contributed by atoms with van der Waals surface area (Å²) >= 11 is 0. The van der Waals surface area contributed by atoms with Crippen LogP contribution < -0.4 is 11.1 Å². The van der Waals surface area contributed by atoms with Crippen LogP contribution in [0.15, 0.2) is 18.3 Å². The van der Waals surface area contributed by atoms with Crippen molar-refractivity contribution in [2.45, 2.75) is 13.5 Å². The highest BCUT2D eigenvalue weighted by atomic mass is 19.2. The molecule has 2 aromatic rings. The lowest BCUT2D eigenvalue weighted by Crippen LogP contribution is -2.15. The molecule has 0 aliphatic carbocycles. The molecule has 0 spiro atoms. The fourth-order valence-electron chi connectivity index (χ4n) is 1.59. The Balaban J connectivity index is 2.25. The molecule has 0 aliphatic rings. The Labute approximate surface area is 112 Å². The molecule has 0 fully saturated rings. The van der Waals surface area contributed by atoms with E-state index < -0.39 is 23.4 Å². The summed E-state index contributed by atoms with van der Waals surface area (Å²) in [5.41, 5.74) is 5.44. The Hall–Kier alpha value is -2.51. The van der Waals surface area contributed by atoms with Crippen LogP contribution in [0.4, 0.5) is 24.5 Å². The van der Waals surface area contributed by atoms with Gasteiger partial charge in [-0.1, -0.05) is 0 Å². The maximum absolute atomic E-state index is 13.0. The maximum Gasteiger partial charge on any atom is 0.278 e. The SMILES string of the molecule is CCn1cc(N)c(C(=O)Nc2cc(F)c(F)c(F)c2)n1. The number of carbonyl (C=O) groups excluding carboxylic acids is 1. The van der Waals surface area contributed by atoms with Crippen LogP contribution in [0, 0.1) is 17.5 Å². The normalized spacial score (nSPS) is 10.6. The van der Waals surface area contributed by atoms with E-state index in [4.69, 9.17) is 5.73 Å². The van der Waals surface area contributed by atoms with Crippen molar-refractivity contribution in [1.29, 1.82) is 0 Å². The van der Waals surface area contributed by atoms with Crippen molar-refractivity contribution in [3.8, 4) is 0 Å². The third-order valence-corrected chi connectivity index (χ3v) is 2.57. The van der Waals surface area contributed by atoms with Gasteiger partial charge in [-0.25, -0.2) is 13.2 Å². The number of aryl methyl sites for hydroxylation is 1. The van der Waals surface area contributed by atoms with Gasteiger partial charge in [0.05, 0.1) is 5.69 Å². The molecular formula is C12H11F3N4O. The quantitative estimate of drug-likeness (QED) is 0.848. The molecule has 0 saturated carbocycles. The summed E-state index contributed by atoms with van der Waals surface area (Å²) < 4.78 is 40.3. The Bertz CT molecular complexity index is 646. The number of nitrogen functional groups attached to an aromatic ring is 1. The first-order valence-electron chi connectivity index (χ1n) is 5.71. The van der Waals surface area contributed by atoms with Gasteiger partial charge in [-0.3, -0.25) is 9.48 Å². The summed E-state index contributed by atoms with van der Waals surface area (Å²) in [6.07, 6.45) is 1.46. The molecule has 20 heavy (non-hydrogen) atoms. The summed E-state index contributed by atoms with van der Waals surface area (Å²) in [5, 5.41) is 6.11. The number of amides is 1. The first-order valence-corrected chi connectivity index (χ1v) is 5.71. The second kappa shape index (κ2) is 5.24. The average Bonchev–Trinajstić information content (AvgIpc) is 2.77. The van der Waals surface area contributed by atoms with Gasteiger partial charge >= 0.3 is 0 Å². The number of nitrogens with one attached hydrogen (secondary N) is 1. The lowest BCUT2D eigenvalue weighted by molar-refractivity contribution is 0.102. The summed E-state index contributed by atoms with van der Waals surface area (Å²) in [6, 6.07) is 1.34. The van der Waals surface area contributed by atoms with Crippen LogP contribution in [-0.2, 0) is 6.54 Å². The van der Waals surface area contributed by atoms with Gasteiger partial charge in [0.2, 0.25) is 0 Å². The Morgan fingerprint density at radius 1 is 1.35 bits per heavy atom. The Morgan fingerprint density at radius 3 is 2.45 bits per heavy atom. The van der Waals surface area contributed by atoms with Gasteiger partial charge in [0, 0.05) is 30.6 Å². The van der Waals surface area contributed by atoms with Gasteiger partial charge in [0.25, 0.3) is 5.91 Å². The molecule has 1 aromatic carbocycles. The molecule has 0 aliphatic heterocycles. The number of nitrogens with two attached hydrogens (primary N) is 1. The Kier molecular flexibility index (Phi) is 3.64. The third-order valence-electron chi connectivity index (χ3n) is 2.57. The molecule has 0 saturated heterocycles. The minimum Gasteiger partial charge on any atom is -0.396 e. The van der Waals surface area contributed by atoms with Crippen LogP contribution in [0.2, 0.25) is 0 Å². The Morgan fingerprint density at radius 2 is 1.95 bits per heavy atom. The largest absolute Gasteiger partial charge is 0.396 e. The molecule has 3 N–H and O–H groups in total. The van der Waals surface area contributed by atoms with Crippen LogP contribution in [-0.4, -0.2) is 15.7 Å². The third kappa shape index (κ3) is 2.58. The van der Waals surface area contributed by atoms with Gasteiger partial charge in [-0.05, 0) is 6.92 Å². The summed E-state index contributed by atoms with van der Waals surface area (Å²) in [6.45, 7) is 2.32. The van der Waals surface area contributed by atoms with E-state index >= 15 is 0 Å². The number of anilines is 2. The van der Waals surface area contributed by atoms with Crippen LogP contribution in [0.5, 0.6) is 0 Å². The van der Waals surface area contributed by atoms with Crippen molar-refractivity contribution in [1.82, 2.24) is 9.78 Å². The molecule has 2 rings (SSSR count). The van der Waals surface area contributed by atoms with E-state index in [0.717, 1.165) is 0 Å². The van der Waals surface area contributed by atoms with Gasteiger partial charge in [0.1, 0.15) is 0 Å². The minimum atomic E-state index is -1.60. The number of hydrogen-bond donors (Lipinski definition) is 2. The molecule has 8 heteroatoms. The van der Waals surface area contributed by atoms with Crippen molar-refractivity contribution in [3.05, 3.63) is 41.5 Å². The van der Waals surface area contributed by atoms with Crippen molar-refractivity contribution in [2.24, 2.45) is 0 Å². The predicted molar refractivity (Wildman–Crippen MR) is 66.6 cm³/mol. The second-order valence-corrected chi connectivity index (χ2v) is 4.00. The molecule has 0 radical (unpaired) electrons. The van der Waals surface area contributed by atoms with Crippen molar-refractivity contribution >= 4 is 17.3 Å². The van der Waals surface area contributed by atoms with Gasteiger partial charge < -0.3 is 11.1 Å². The van der Waals surface area contributed by atoms with Gasteiger partial charge in [0.15, 0.2) is 23.1 Å². The molecule has 106 valence electrons. The van der Waals surface area contributed by atoms with Crippen molar-refractivity contribution < 1.29 is 18.0 Å². The molecule has 1 amide bonds. The number of nitrogens with zero attached hydrogens (tertiary/aromatic N) is 2. The van der Waals surface area contributed by atoms with E-state index in [1.807, 2.05) is 0 Å². The molecule has 0 unspecified atom stereocenters. The van der Waals surface area contributed by atoms with Crippen LogP contribution in [0.1, 0.15) is 17.4 Å². The number of rotatable bonds is 3. The minimum absolute atomic E-state index is 0.0722. The van der Waals surface area contributed by atoms with E-state index in [2.05, 4.69) is 10.4 Å². The van der Waals surface area contributed by atoms with E-state index in [-0.39, 0.29) is 17.1 Å². The van der Waals surface area contributed by atoms with Crippen molar-refractivity contribution in [2.75, 3.05) is 11.1 Å². The highest BCUT2D eigenvalue weighted by molar-refractivity contribution is 6.06. The summed E-state index contributed by atoms with van der Waals surface area (Å²) in [4.78, 5) is 11.9. The fourth-order valence-corrected chi connectivity index (χ4v) is 1.59. The van der Waals surface area contributed by atoms with Crippen LogP contribution in [0.3, 0.4) is 0 Å². The topological polar surface area (TPSA) is 72.9 Å². The molecule has 0 bridgehead atoms. The van der Waals surface area contributed by atoms with Gasteiger partial charge in [-0.15, -0.1) is 0 Å². The van der Waals surface area contributed by atoms with Gasteiger partial charge in [-0.2, -0.15) is 5.10 Å². The molecule has 5 nitrogen and oxygen atoms in total. The standard InChI is InChI=1S/C12H11F3N4O/c1-2-19-5-9(16)11(18-19)12(20)17-6-3-7(13)10(15)8(14)4-6/h3-5H,2,16H2,1H3,(H,17,20). The molecule has 1 heterocycles. The zero-order valence-corrected chi connectivity index (χ0v) is 10.5. The zero-order chi connectivity index (χ0) is 14.9. The fraction of sp³-hybridized carbons (Fsp3) is 0.167. The monoisotopic (exact) mass is 284 g/mol. The first-order chi connectivity index (χ1) is 9.42. The molecule has 0 atom stereocenters. The highest BCUT2D eigenvalue weighted by Gasteiger charge is 2.17. The number of carbonyl (C=O) groups is 1. The number of hydrogen-bond acceptors (Lipinski definition) is 3. The average molecular weight is 284 g/mol. The first kappa shape index (κ1) is 13.9. The summed E-state index contributed by atoms with van der Waals surface area (Å²) in [7, 11) is 0. The number of halogens is 3. The van der Waals surface area contributed by atoms with Crippen LogP contribution >= 0.6 is 0 Å².